The molecule has 0 saturated carbocycles. The number of hydrogen-bond donors (Lipinski definition) is 3. The van der Waals surface area contributed by atoms with E-state index in [1.165, 1.54) is 6.20 Å². The van der Waals surface area contributed by atoms with Crippen molar-refractivity contribution in [3.05, 3.63) is 89.4 Å². The topological polar surface area (TPSA) is 151 Å². The Kier molecular flexibility index (Phi) is 8.82. The van der Waals surface area contributed by atoms with E-state index in [2.05, 4.69) is 37.0 Å². The van der Waals surface area contributed by atoms with E-state index in [0.29, 0.717) is 52.4 Å². The third kappa shape index (κ3) is 6.89. The largest absolute Gasteiger partial charge is 0.486 e. The Morgan fingerprint density at radius 2 is 1.89 bits per heavy atom. The van der Waals surface area contributed by atoms with Crippen molar-refractivity contribution in [3.63, 3.8) is 0 Å². The molecule has 0 aliphatic carbocycles. The molecule has 2 aromatic heterocycles. The van der Waals surface area contributed by atoms with Crippen molar-refractivity contribution in [1.29, 1.82) is 5.26 Å². The van der Waals surface area contributed by atoms with Crippen LogP contribution in [0.5, 0.6) is 5.75 Å². The minimum Gasteiger partial charge on any atom is -0.486 e. The summed E-state index contributed by atoms with van der Waals surface area (Å²) in [6.07, 6.45) is 8.67. The molecule has 3 N–H and O–H groups in total. The molecule has 222 valence electrons. The molecule has 2 aromatic carbocycles. The SMILES string of the molecule is N#Cc1cnc2cc(OC3CCOC3)c(NC(=O)C=C3CCNCC3)cc2c1Nc1ncc(CC(=O)c2ccccc2)cn1. The van der Waals surface area contributed by atoms with Crippen LogP contribution in [0.15, 0.2) is 72.7 Å². The second-order valence-corrected chi connectivity index (χ2v) is 10.7. The third-order valence-corrected chi connectivity index (χ3v) is 7.51. The molecule has 11 nitrogen and oxygen atoms in total. The van der Waals surface area contributed by atoms with Gasteiger partial charge >= 0.3 is 0 Å². The lowest BCUT2D eigenvalue weighted by Gasteiger charge is -2.19. The first-order valence-corrected chi connectivity index (χ1v) is 14.5. The van der Waals surface area contributed by atoms with Gasteiger partial charge in [0.1, 0.15) is 17.9 Å². The molecular weight excluding hydrogens is 558 g/mol. The lowest BCUT2D eigenvalue weighted by atomic mass is 10.0. The molecule has 1 atom stereocenters. The predicted octanol–water partition coefficient (Wildman–Crippen LogP) is 4.48. The van der Waals surface area contributed by atoms with Gasteiger partial charge in [-0.15, -0.1) is 0 Å². The van der Waals surface area contributed by atoms with Crippen LogP contribution in [0, 0.1) is 11.3 Å². The van der Waals surface area contributed by atoms with E-state index < -0.39 is 0 Å². The van der Waals surface area contributed by atoms with E-state index in [1.54, 1.807) is 42.7 Å². The van der Waals surface area contributed by atoms with Gasteiger partial charge in [-0.3, -0.25) is 14.6 Å². The summed E-state index contributed by atoms with van der Waals surface area (Å²) >= 11 is 0. The molecule has 2 fully saturated rings. The number of ketones is 1. The van der Waals surface area contributed by atoms with E-state index in [-0.39, 0.29) is 35.7 Å². The van der Waals surface area contributed by atoms with Crippen LogP contribution in [0.1, 0.15) is 40.7 Å². The zero-order valence-electron chi connectivity index (χ0n) is 24.0. The molecule has 2 saturated heterocycles. The van der Waals surface area contributed by atoms with Crippen LogP contribution in [0.3, 0.4) is 0 Å². The second kappa shape index (κ2) is 13.4. The van der Waals surface area contributed by atoms with Crippen LogP contribution in [0.2, 0.25) is 0 Å². The number of pyridine rings is 1. The van der Waals surface area contributed by atoms with Gasteiger partial charge in [-0.05, 0) is 37.6 Å². The molecule has 4 aromatic rings. The highest BCUT2D eigenvalue weighted by Crippen LogP contribution is 2.36. The summed E-state index contributed by atoms with van der Waals surface area (Å²) in [5, 5.41) is 19.9. The summed E-state index contributed by atoms with van der Waals surface area (Å²) in [6, 6.07) is 14.7. The van der Waals surface area contributed by atoms with Crippen molar-refractivity contribution in [2.45, 2.75) is 31.8 Å². The fourth-order valence-corrected chi connectivity index (χ4v) is 5.20. The quantitative estimate of drug-likeness (QED) is 0.188. The van der Waals surface area contributed by atoms with Gasteiger partial charge in [0.05, 0.1) is 35.7 Å². The number of aromatic nitrogens is 3. The fourth-order valence-electron chi connectivity index (χ4n) is 5.20. The average molecular weight is 590 g/mol. The highest BCUT2D eigenvalue weighted by Gasteiger charge is 2.22. The summed E-state index contributed by atoms with van der Waals surface area (Å²) < 4.78 is 11.7. The number of amides is 1. The van der Waals surface area contributed by atoms with Crippen LogP contribution < -0.4 is 20.7 Å². The van der Waals surface area contributed by atoms with E-state index in [9.17, 15) is 14.9 Å². The number of piperidine rings is 1. The molecule has 44 heavy (non-hydrogen) atoms. The molecule has 1 amide bonds. The van der Waals surface area contributed by atoms with Crippen molar-refractivity contribution in [3.8, 4) is 11.8 Å². The zero-order chi connectivity index (χ0) is 30.3. The minimum absolute atomic E-state index is 0.0330. The van der Waals surface area contributed by atoms with E-state index in [0.717, 1.165) is 37.9 Å². The number of nitrogens with zero attached hydrogens (tertiary/aromatic N) is 4. The number of rotatable bonds is 9. The first-order chi connectivity index (χ1) is 21.6. The number of anilines is 3. The van der Waals surface area contributed by atoms with Crippen LogP contribution in [-0.2, 0) is 16.0 Å². The molecule has 11 heteroatoms. The Hall–Kier alpha value is -5.18. The van der Waals surface area contributed by atoms with E-state index in [4.69, 9.17) is 9.47 Å². The lowest BCUT2D eigenvalue weighted by molar-refractivity contribution is -0.112. The Morgan fingerprint density at radius 1 is 1.09 bits per heavy atom. The average Bonchev–Trinajstić information content (AvgIpc) is 3.56. The van der Waals surface area contributed by atoms with Gasteiger partial charge in [0.15, 0.2) is 5.78 Å². The molecule has 1 unspecified atom stereocenters. The third-order valence-electron chi connectivity index (χ3n) is 7.51. The van der Waals surface area contributed by atoms with Crippen molar-refractivity contribution in [1.82, 2.24) is 20.3 Å². The highest BCUT2D eigenvalue weighted by atomic mass is 16.5. The van der Waals surface area contributed by atoms with E-state index in [1.807, 2.05) is 18.2 Å². The Labute approximate surface area is 254 Å². The molecule has 2 aliphatic rings. The maximum Gasteiger partial charge on any atom is 0.248 e. The number of benzene rings is 2. The van der Waals surface area contributed by atoms with Crippen molar-refractivity contribution < 1.29 is 19.1 Å². The van der Waals surface area contributed by atoms with Gasteiger partial charge in [0.25, 0.3) is 0 Å². The van der Waals surface area contributed by atoms with Crippen LogP contribution in [-0.4, -0.2) is 59.0 Å². The summed E-state index contributed by atoms with van der Waals surface area (Å²) in [7, 11) is 0. The fraction of sp³-hybridized carbons (Fsp3) is 0.273. The van der Waals surface area contributed by atoms with Crippen LogP contribution in [0.4, 0.5) is 17.3 Å². The highest BCUT2D eigenvalue weighted by molar-refractivity contribution is 6.05. The molecule has 2 aliphatic heterocycles. The summed E-state index contributed by atoms with van der Waals surface area (Å²) in [5.74, 6) is 0.428. The summed E-state index contributed by atoms with van der Waals surface area (Å²) in [5.41, 5.74) is 4.09. The first-order valence-electron chi connectivity index (χ1n) is 14.5. The smallest absolute Gasteiger partial charge is 0.248 e. The van der Waals surface area contributed by atoms with Gasteiger partial charge in [-0.2, -0.15) is 5.26 Å². The second-order valence-electron chi connectivity index (χ2n) is 10.7. The standard InChI is InChI=1S/C33H31N7O4/c34-16-24-19-36-27-15-30(44-25-8-11-43-20-25)28(39-31(42)13-21-6-9-35-10-7-21)14-26(27)32(24)40-33-37-17-22(18-38-33)12-29(41)23-4-2-1-3-5-23/h1-5,13-15,17-19,25,35H,6-12,20H2,(H,39,42)(H,36,37,38,40). The molecule has 6 rings (SSSR count). The van der Waals surface area contributed by atoms with Gasteiger partial charge in [-0.25, -0.2) is 9.97 Å². The number of ether oxygens (including phenoxy) is 2. The zero-order valence-corrected chi connectivity index (χ0v) is 24.0. The van der Waals surface area contributed by atoms with Gasteiger partial charge in [-0.1, -0.05) is 35.9 Å². The summed E-state index contributed by atoms with van der Waals surface area (Å²) in [6.45, 7) is 2.75. The molecule has 4 heterocycles. The summed E-state index contributed by atoms with van der Waals surface area (Å²) in [4.78, 5) is 39.0. The maximum atomic E-state index is 13.1. The molecular formula is C33H31N7O4. The van der Waals surface area contributed by atoms with Gasteiger partial charge in [0.2, 0.25) is 11.9 Å². The maximum absolute atomic E-state index is 13.1. The monoisotopic (exact) mass is 589 g/mol. The number of carbonyl (C=O) groups excluding carboxylic acids is 2. The van der Waals surface area contributed by atoms with Gasteiger partial charge in [0, 0.05) is 54.5 Å². The number of Topliss-reactive ketones (excluding diaryl/α,β-unsaturated/α-hetero) is 1. The molecule has 0 spiro atoms. The Bertz CT molecular complexity index is 1740. The Morgan fingerprint density at radius 3 is 2.61 bits per heavy atom. The number of nitriles is 1. The molecule has 0 bridgehead atoms. The van der Waals surface area contributed by atoms with Crippen LogP contribution >= 0.6 is 0 Å². The predicted molar refractivity (Wildman–Crippen MR) is 165 cm³/mol. The van der Waals surface area contributed by atoms with Crippen LogP contribution in [0.25, 0.3) is 10.9 Å². The number of fused-ring (bicyclic) bond motifs is 1. The number of hydrogen-bond acceptors (Lipinski definition) is 10. The number of carbonyl (C=O) groups is 2. The van der Waals surface area contributed by atoms with Crippen molar-refractivity contribution in [2.75, 3.05) is 36.9 Å². The minimum atomic E-state index is -0.253. The molecule has 0 radical (unpaired) electrons. The number of nitrogens with one attached hydrogen (secondary N) is 3. The first kappa shape index (κ1) is 28.9. The van der Waals surface area contributed by atoms with Crippen molar-refractivity contribution in [2.24, 2.45) is 0 Å². The Balaban J connectivity index is 1.30. The van der Waals surface area contributed by atoms with Gasteiger partial charge < -0.3 is 25.4 Å². The normalized spacial score (nSPS) is 16.2. The van der Waals surface area contributed by atoms with E-state index >= 15 is 0 Å². The van der Waals surface area contributed by atoms with Crippen molar-refractivity contribution >= 4 is 39.9 Å². The lowest BCUT2D eigenvalue weighted by Crippen LogP contribution is -2.24.